The van der Waals surface area contributed by atoms with E-state index in [1.54, 1.807) is 0 Å². The molecule has 0 aliphatic rings. The Bertz CT molecular complexity index is 776. The van der Waals surface area contributed by atoms with Crippen molar-refractivity contribution in [3.05, 3.63) is 47.9 Å². The molecule has 0 fully saturated rings. The van der Waals surface area contributed by atoms with E-state index < -0.39 is 0 Å². The van der Waals surface area contributed by atoms with Crippen LogP contribution in [0.15, 0.2) is 36.5 Å². The standard InChI is InChI=1S/C17H21N5/c1-12-20-16(15-8-10-19-17(15)21-12)18-9-7-13-5-4-6-14(11-13)22(2)3/h4-6,8,10-11H,7,9H2,1-3H3,(H2,18,19,20,21). The first-order chi connectivity index (χ1) is 10.6. The van der Waals surface area contributed by atoms with Crippen LogP contribution in [0.5, 0.6) is 0 Å². The first-order valence-corrected chi connectivity index (χ1v) is 7.45. The third-order valence-corrected chi connectivity index (χ3v) is 3.66. The lowest BCUT2D eigenvalue weighted by Crippen LogP contribution is -2.10. The largest absolute Gasteiger partial charge is 0.378 e. The second-order valence-electron chi connectivity index (χ2n) is 5.60. The molecule has 5 heteroatoms. The monoisotopic (exact) mass is 295 g/mol. The minimum absolute atomic E-state index is 0.770. The molecule has 1 aromatic carbocycles. The van der Waals surface area contributed by atoms with Gasteiger partial charge < -0.3 is 15.2 Å². The molecule has 0 saturated carbocycles. The zero-order valence-electron chi connectivity index (χ0n) is 13.2. The summed E-state index contributed by atoms with van der Waals surface area (Å²) in [4.78, 5) is 14.1. The average molecular weight is 295 g/mol. The highest BCUT2D eigenvalue weighted by molar-refractivity contribution is 5.86. The van der Waals surface area contributed by atoms with E-state index in [4.69, 9.17) is 0 Å². The Labute approximate surface area is 130 Å². The van der Waals surface area contributed by atoms with Gasteiger partial charge in [0.15, 0.2) is 0 Å². The Morgan fingerprint density at radius 2 is 2.05 bits per heavy atom. The van der Waals surface area contributed by atoms with Crippen molar-refractivity contribution < 1.29 is 0 Å². The van der Waals surface area contributed by atoms with Gasteiger partial charge in [0.25, 0.3) is 0 Å². The number of aromatic amines is 1. The predicted octanol–water partition coefficient (Wildman–Crippen LogP) is 2.99. The van der Waals surface area contributed by atoms with Gasteiger partial charge >= 0.3 is 0 Å². The summed E-state index contributed by atoms with van der Waals surface area (Å²) in [7, 11) is 4.12. The Morgan fingerprint density at radius 3 is 2.86 bits per heavy atom. The van der Waals surface area contributed by atoms with Gasteiger partial charge in [0, 0.05) is 32.5 Å². The Balaban J connectivity index is 1.70. The Hall–Kier alpha value is -2.56. The van der Waals surface area contributed by atoms with Crippen LogP contribution in [0.1, 0.15) is 11.4 Å². The number of aromatic nitrogens is 3. The van der Waals surface area contributed by atoms with Crippen molar-refractivity contribution in [3.63, 3.8) is 0 Å². The van der Waals surface area contributed by atoms with Crippen molar-refractivity contribution in [3.8, 4) is 0 Å². The van der Waals surface area contributed by atoms with Crippen LogP contribution >= 0.6 is 0 Å². The molecule has 3 aromatic rings. The third kappa shape index (κ3) is 3.03. The number of nitrogens with one attached hydrogen (secondary N) is 2. The molecule has 0 spiro atoms. The number of anilines is 2. The van der Waals surface area contributed by atoms with Crippen LogP contribution in [-0.2, 0) is 6.42 Å². The van der Waals surface area contributed by atoms with Gasteiger partial charge in [0.05, 0.1) is 5.39 Å². The molecule has 22 heavy (non-hydrogen) atoms. The number of rotatable bonds is 5. The SMILES string of the molecule is Cc1nc(NCCc2cccc(N(C)C)c2)c2cc[nH]c2n1. The van der Waals surface area contributed by atoms with Crippen molar-refractivity contribution in [2.45, 2.75) is 13.3 Å². The number of hydrogen-bond acceptors (Lipinski definition) is 4. The molecule has 0 unspecified atom stereocenters. The molecular formula is C17H21N5. The van der Waals surface area contributed by atoms with Crippen molar-refractivity contribution in [2.75, 3.05) is 30.9 Å². The van der Waals surface area contributed by atoms with Crippen molar-refractivity contribution in [1.29, 1.82) is 0 Å². The van der Waals surface area contributed by atoms with E-state index in [0.717, 1.165) is 35.6 Å². The number of nitrogens with zero attached hydrogens (tertiary/aromatic N) is 3. The van der Waals surface area contributed by atoms with Crippen LogP contribution in [0.4, 0.5) is 11.5 Å². The first kappa shape index (κ1) is 14.4. The van der Waals surface area contributed by atoms with Crippen LogP contribution < -0.4 is 10.2 Å². The fourth-order valence-electron chi connectivity index (χ4n) is 2.50. The number of benzene rings is 1. The maximum absolute atomic E-state index is 4.50. The van der Waals surface area contributed by atoms with E-state index in [1.165, 1.54) is 11.3 Å². The van der Waals surface area contributed by atoms with Crippen LogP contribution in [0, 0.1) is 6.92 Å². The molecule has 3 rings (SSSR count). The van der Waals surface area contributed by atoms with E-state index in [1.807, 2.05) is 19.2 Å². The van der Waals surface area contributed by atoms with Gasteiger partial charge in [-0.25, -0.2) is 9.97 Å². The Kier molecular flexibility index (Phi) is 3.96. The molecule has 0 amide bonds. The molecule has 0 aliphatic carbocycles. The lowest BCUT2D eigenvalue weighted by molar-refractivity contribution is 0.989. The third-order valence-electron chi connectivity index (χ3n) is 3.66. The van der Waals surface area contributed by atoms with Gasteiger partial charge in [-0.2, -0.15) is 0 Å². The van der Waals surface area contributed by atoms with Crippen LogP contribution in [0.25, 0.3) is 11.0 Å². The predicted molar refractivity (Wildman–Crippen MR) is 91.6 cm³/mol. The second-order valence-corrected chi connectivity index (χ2v) is 5.60. The maximum Gasteiger partial charge on any atom is 0.143 e. The molecular weight excluding hydrogens is 274 g/mol. The van der Waals surface area contributed by atoms with Crippen molar-refractivity contribution >= 4 is 22.5 Å². The summed E-state index contributed by atoms with van der Waals surface area (Å²) in [6, 6.07) is 10.6. The Morgan fingerprint density at radius 1 is 1.18 bits per heavy atom. The number of fused-ring (bicyclic) bond motifs is 1. The van der Waals surface area contributed by atoms with Gasteiger partial charge in [0.1, 0.15) is 17.3 Å². The van der Waals surface area contributed by atoms with Crippen molar-refractivity contribution in [2.24, 2.45) is 0 Å². The molecule has 0 bridgehead atoms. The molecule has 2 aromatic heterocycles. The fourth-order valence-corrected chi connectivity index (χ4v) is 2.50. The van der Waals surface area contributed by atoms with Crippen LogP contribution in [-0.4, -0.2) is 35.6 Å². The summed E-state index contributed by atoms with van der Waals surface area (Å²) in [5.41, 5.74) is 3.42. The number of hydrogen-bond donors (Lipinski definition) is 2. The molecule has 0 atom stereocenters. The smallest absolute Gasteiger partial charge is 0.143 e. The zero-order chi connectivity index (χ0) is 15.5. The molecule has 2 heterocycles. The molecule has 0 radical (unpaired) electrons. The summed E-state index contributed by atoms with van der Waals surface area (Å²) < 4.78 is 0. The summed E-state index contributed by atoms with van der Waals surface area (Å²) in [5, 5.41) is 4.46. The summed E-state index contributed by atoms with van der Waals surface area (Å²) in [5.74, 6) is 1.67. The topological polar surface area (TPSA) is 56.8 Å². The van der Waals surface area contributed by atoms with Gasteiger partial charge in [-0.05, 0) is 37.1 Å². The highest BCUT2D eigenvalue weighted by atomic mass is 15.1. The van der Waals surface area contributed by atoms with Gasteiger partial charge in [-0.15, -0.1) is 0 Å². The van der Waals surface area contributed by atoms with Crippen molar-refractivity contribution in [1.82, 2.24) is 15.0 Å². The van der Waals surface area contributed by atoms with Gasteiger partial charge in [-0.1, -0.05) is 12.1 Å². The maximum atomic E-state index is 4.50. The first-order valence-electron chi connectivity index (χ1n) is 7.45. The second kappa shape index (κ2) is 6.05. The van der Waals surface area contributed by atoms with Crippen LogP contribution in [0.3, 0.4) is 0 Å². The highest BCUT2D eigenvalue weighted by Crippen LogP contribution is 2.19. The van der Waals surface area contributed by atoms with E-state index in [0.29, 0.717) is 0 Å². The number of H-pyrrole nitrogens is 1. The highest BCUT2D eigenvalue weighted by Gasteiger charge is 2.06. The van der Waals surface area contributed by atoms with E-state index in [2.05, 4.69) is 63.5 Å². The molecule has 2 N–H and O–H groups in total. The zero-order valence-corrected chi connectivity index (χ0v) is 13.2. The molecule has 0 aliphatic heterocycles. The lowest BCUT2D eigenvalue weighted by atomic mass is 10.1. The summed E-state index contributed by atoms with van der Waals surface area (Å²) in [6.07, 6.45) is 2.85. The van der Waals surface area contributed by atoms with Gasteiger partial charge in [0.2, 0.25) is 0 Å². The minimum atomic E-state index is 0.770. The van der Waals surface area contributed by atoms with Gasteiger partial charge in [-0.3, -0.25) is 0 Å². The normalized spacial score (nSPS) is 10.9. The van der Waals surface area contributed by atoms with E-state index in [9.17, 15) is 0 Å². The summed E-state index contributed by atoms with van der Waals surface area (Å²) >= 11 is 0. The fraction of sp³-hybridized carbons (Fsp3) is 0.294. The summed E-state index contributed by atoms with van der Waals surface area (Å²) in [6.45, 7) is 2.75. The molecule has 5 nitrogen and oxygen atoms in total. The van der Waals surface area contributed by atoms with E-state index in [-0.39, 0.29) is 0 Å². The lowest BCUT2D eigenvalue weighted by Gasteiger charge is -2.14. The average Bonchev–Trinajstić information content (AvgIpc) is 2.95. The quantitative estimate of drug-likeness (QED) is 0.760. The molecule has 114 valence electrons. The van der Waals surface area contributed by atoms with Crippen LogP contribution in [0.2, 0.25) is 0 Å². The number of aryl methyl sites for hydroxylation is 1. The minimum Gasteiger partial charge on any atom is -0.378 e. The molecule has 0 saturated heterocycles. The van der Waals surface area contributed by atoms with E-state index >= 15 is 0 Å².